The third-order valence-corrected chi connectivity index (χ3v) is 3.77. The molecule has 2 rings (SSSR count). The van der Waals surface area contributed by atoms with Gasteiger partial charge in [-0.15, -0.1) is 0 Å². The molecule has 98 valence electrons. The minimum Gasteiger partial charge on any atom is -0.322 e. The van der Waals surface area contributed by atoms with E-state index in [1.165, 1.54) is 0 Å². The lowest BCUT2D eigenvalue weighted by Gasteiger charge is -2.09. The second-order valence-electron chi connectivity index (χ2n) is 4.07. The molecule has 0 atom stereocenters. The molecule has 0 aliphatic carbocycles. The lowest BCUT2D eigenvalue weighted by atomic mass is 10.2. The fourth-order valence-corrected chi connectivity index (χ4v) is 2.68. The molecule has 0 saturated heterocycles. The Morgan fingerprint density at radius 2 is 1.95 bits per heavy atom. The summed E-state index contributed by atoms with van der Waals surface area (Å²) in [5.74, 6) is -0.287. The van der Waals surface area contributed by atoms with Crippen LogP contribution >= 0.6 is 39.1 Å². The molecule has 0 fully saturated rings. The van der Waals surface area contributed by atoms with Gasteiger partial charge >= 0.3 is 0 Å². The van der Waals surface area contributed by atoms with E-state index in [1.807, 2.05) is 25.1 Å². The molecule has 0 aliphatic heterocycles. The minimum atomic E-state index is -0.287. The van der Waals surface area contributed by atoms with Crippen LogP contribution in [-0.4, -0.2) is 5.91 Å². The highest BCUT2D eigenvalue weighted by Crippen LogP contribution is 2.26. The number of aryl methyl sites for hydroxylation is 1. The number of nitrogens with one attached hydrogen (secondary N) is 1. The third kappa shape index (κ3) is 3.50. The SMILES string of the molecule is Cc1cc(Br)cc(NC(=O)c2cccc(Cl)c2Cl)c1. The van der Waals surface area contributed by atoms with Crippen molar-refractivity contribution < 1.29 is 4.79 Å². The van der Waals surface area contributed by atoms with Crippen LogP contribution in [0.2, 0.25) is 10.0 Å². The van der Waals surface area contributed by atoms with Crippen LogP contribution < -0.4 is 5.32 Å². The summed E-state index contributed by atoms with van der Waals surface area (Å²) in [6.45, 7) is 1.95. The summed E-state index contributed by atoms with van der Waals surface area (Å²) in [4.78, 5) is 12.1. The van der Waals surface area contributed by atoms with Crippen LogP contribution in [0.5, 0.6) is 0 Å². The van der Waals surface area contributed by atoms with Crippen molar-refractivity contribution in [3.63, 3.8) is 0 Å². The fourth-order valence-electron chi connectivity index (χ4n) is 1.69. The molecule has 2 aromatic carbocycles. The Morgan fingerprint density at radius 3 is 2.63 bits per heavy atom. The van der Waals surface area contributed by atoms with Crippen LogP contribution in [-0.2, 0) is 0 Å². The summed E-state index contributed by atoms with van der Waals surface area (Å²) in [5, 5.41) is 3.41. The first kappa shape index (κ1) is 14.4. The summed E-state index contributed by atoms with van der Waals surface area (Å²) in [5.41, 5.74) is 2.10. The van der Waals surface area contributed by atoms with Crippen molar-refractivity contribution in [3.8, 4) is 0 Å². The zero-order valence-electron chi connectivity index (χ0n) is 10.0. The Kier molecular flexibility index (Phi) is 4.50. The average Bonchev–Trinajstić information content (AvgIpc) is 2.31. The van der Waals surface area contributed by atoms with Gasteiger partial charge < -0.3 is 5.32 Å². The Hall–Kier alpha value is -1.03. The molecule has 2 nitrogen and oxygen atoms in total. The number of amides is 1. The van der Waals surface area contributed by atoms with Crippen LogP contribution in [0.25, 0.3) is 0 Å². The molecule has 0 heterocycles. The first-order valence-corrected chi connectivity index (χ1v) is 7.05. The Morgan fingerprint density at radius 1 is 1.21 bits per heavy atom. The number of hydrogen-bond donors (Lipinski definition) is 1. The van der Waals surface area contributed by atoms with Crippen LogP contribution in [0.15, 0.2) is 40.9 Å². The number of halogens is 3. The van der Waals surface area contributed by atoms with Crippen LogP contribution in [0, 0.1) is 6.92 Å². The number of carbonyl (C=O) groups excluding carboxylic acids is 1. The fraction of sp³-hybridized carbons (Fsp3) is 0.0714. The molecule has 1 amide bonds. The second-order valence-corrected chi connectivity index (χ2v) is 5.77. The van der Waals surface area contributed by atoms with Gasteiger partial charge in [0.1, 0.15) is 0 Å². The number of carbonyl (C=O) groups is 1. The first-order chi connectivity index (χ1) is 8.97. The number of hydrogen-bond acceptors (Lipinski definition) is 1. The van der Waals surface area contributed by atoms with Crippen LogP contribution in [0.1, 0.15) is 15.9 Å². The topological polar surface area (TPSA) is 29.1 Å². The molecule has 19 heavy (non-hydrogen) atoms. The Labute approximate surface area is 129 Å². The third-order valence-electron chi connectivity index (χ3n) is 2.50. The van der Waals surface area contributed by atoms with E-state index in [0.29, 0.717) is 16.3 Å². The highest BCUT2D eigenvalue weighted by atomic mass is 79.9. The van der Waals surface area contributed by atoms with Gasteiger partial charge in [0.05, 0.1) is 15.6 Å². The van der Waals surface area contributed by atoms with Crippen molar-refractivity contribution in [2.45, 2.75) is 6.92 Å². The van der Waals surface area contributed by atoms with E-state index in [2.05, 4.69) is 21.2 Å². The van der Waals surface area contributed by atoms with Gasteiger partial charge in [-0.3, -0.25) is 4.79 Å². The minimum absolute atomic E-state index is 0.258. The van der Waals surface area contributed by atoms with E-state index in [1.54, 1.807) is 18.2 Å². The zero-order valence-corrected chi connectivity index (χ0v) is 13.1. The summed E-state index contributed by atoms with van der Waals surface area (Å²) in [6, 6.07) is 10.6. The summed E-state index contributed by atoms with van der Waals surface area (Å²) in [7, 11) is 0. The average molecular weight is 359 g/mol. The van der Waals surface area contributed by atoms with E-state index in [9.17, 15) is 4.79 Å². The summed E-state index contributed by atoms with van der Waals surface area (Å²) >= 11 is 15.3. The molecule has 0 aliphatic rings. The smallest absolute Gasteiger partial charge is 0.257 e. The molecule has 0 saturated carbocycles. The summed E-state index contributed by atoms with van der Waals surface area (Å²) in [6.07, 6.45) is 0. The van der Waals surface area contributed by atoms with Gasteiger partial charge in [0, 0.05) is 10.2 Å². The second kappa shape index (κ2) is 5.95. The number of rotatable bonds is 2. The highest BCUT2D eigenvalue weighted by Gasteiger charge is 2.13. The Bertz CT molecular complexity index is 623. The molecular formula is C14H10BrCl2NO. The molecule has 5 heteroatoms. The molecule has 1 N–H and O–H groups in total. The van der Waals surface area contributed by atoms with Crippen LogP contribution in [0.3, 0.4) is 0 Å². The molecule has 0 unspecified atom stereocenters. The molecular weight excluding hydrogens is 349 g/mol. The standard InChI is InChI=1S/C14H10BrCl2NO/c1-8-5-9(15)7-10(6-8)18-14(19)11-3-2-4-12(16)13(11)17/h2-7H,1H3,(H,18,19). The quantitative estimate of drug-likeness (QED) is 0.773. The van der Waals surface area contributed by atoms with Gasteiger partial charge in [-0.2, -0.15) is 0 Å². The largest absolute Gasteiger partial charge is 0.322 e. The molecule has 0 aromatic heterocycles. The van der Waals surface area contributed by atoms with Crippen LogP contribution in [0.4, 0.5) is 5.69 Å². The van der Waals surface area contributed by atoms with E-state index in [-0.39, 0.29) is 10.9 Å². The highest BCUT2D eigenvalue weighted by molar-refractivity contribution is 9.10. The van der Waals surface area contributed by atoms with Crippen molar-refractivity contribution >= 4 is 50.7 Å². The Balaban J connectivity index is 2.28. The normalized spacial score (nSPS) is 10.3. The summed E-state index contributed by atoms with van der Waals surface area (Å²) < 4.78 is 0.903. The van der Waals surface area contributed by atoms with Gasteiger partial charge in [0.25, 0.3) is 5.91 Å². The number of anilines is 1. The predicted octanol–water partition coefficient (Wildman–Crippen LogP) is 5.32. The van der Waals surface area contributed by atoms with Crippen molar-refractivity contribution in [2.24, 2.45) is 0 Å². The first-order valence-electron chi connectivity index (χ1n) is 5.50. The van der Waals surface area contributed by atoms with Gasteiger partial charge in [-0.05, 0) is 42.8 Å². The molecule has 2 aromatic rings. The van der Waals surface area contributed by atoms with Gasteiger partial charge in [-0.1, -0.05) is 45.2 Å². The van der Waals surface area contributed by atoms with E-state index < -0.39 is 0 Å². The predicted molar refractivity (Wildman–Crippen MR) is 83.3 cm³/mol. The monoisotopic (exact) mass is 357 g/mol. The van der Waals surface area contributed by atoms with Crippen molar-refractivity contribution in [3.05, 3.63) is 62.0 Å². The van der Waals surface area contributed by atoms with Gasteiger partial charge in [0.15, 0.2) is 0 Å². The maximum absolute atomic E-state index is 12.1. The van der Waals surface area contributed by atoms with E-state index >= 15 is 0 Å². The van der Waals surface area contributed by atoms with Crippen molar-refractivity contribution in [1.82, 2.24) is 0 Å². The number of benzene rings is 2. The molecule has 0 bridgehead atoms. The van der Waals surface area contributed by atoms with E-state index in [0.717, 1.165) is 10.0 Å². The van der Waals surface area contributed by atoms with E-state index in [4.69, 9.17) is 23.2 Å². The van der Waals surface area contributed by atoms with Gasteiger partial charge in [0.2, 0.25) is 0 Å². The lowest BCUT2D eigenvalue weighted by molar-refractivity contribution is 0.102. The molecule has 0 spiro atoms. The van der Waals surface area contributed by atoms with Crippen molar-refractivity contribution in [1.29, 1.82) is 0 Å². The maximum Gasteiger partial charge on any atom is 0.257 e. The zero-order chi connectivity index (χ0) is 14.0. The van der Waals surface area contributed by atoms with Crippen molar-refractivity contribution in [2.75, 3.05) is 5.32 Å². The lowest BCUT2D eigenvalue weighted by Crippen LogP contribution is -2.12. The molecule has 0 radical (unpaired) electrons. The maximum atomic E-state index is 12.1. The van der Waals surface area contributed by atoms with Gasteiger partial charge in [-0.25, -0.2) is 0 Å².